The van der Waals surface area contributed by atoms with Crippen LogP contribution in [0.3, 0.4) is 0 Å². The van der Waals surface area contributed by atoms with Crippen LogP contribution in [-0.2, 0) is 19.5 Å². The fourth-order valence-electron chi connectivity index (χ4n) is 1.46. The Kier molecular flexibility index (Phi) is 4.86. The van der Waals surface area contributed by atoms with Gasteiger partial charge in [-0.2, -0.15) is 0 Å². The smallest absolute Gasteiger partial charge is 0.337 e. The van der Waals surface area contributed by atoms with Crippen molar-refractivity contribution in [1.82, 2.24) is 0 Å². The normalized spacial score (nSPS) is 9.18. The predicted octanol–water partition coefficient (Wildman–Crippen LogP) is 3.13. The molecule has 0 aliphatic rings. The number of aromatic carboxylic acids is 1. The van der Waals surface area contributed by atoms with Crippen LogP contribution >= 0.6 is 0 Å². The van der Waals surface area contributed by atoms with Crippen molar-refractivity contribution in [2.45, 2.75) is 0 Å². The first-order chi connectivity index (χ1) is 7.77. The zero-order valence-electron chi connectivity index (χ0n) is 9.26. The number of anilines is 2. The van der Waals surface area contributed by atoms with Gasteiger partial charge < -0.3 is 10.4 Å². The Morgan fingerprint density at radius 1 is 0.941 bits per heavy atom. The Morgan fingerprint density at radius 2 is 1.53 bits per heavy atom. The van der Waals surface area contributed by atoms with Gasteiger partial charge in [-0.1, -0.05) is 30.3 Å². The molecule has 0 aromatic heterocycles. The largest absolute Gasteiger partial charge is 0.478 e. The zero-order valence-corrected chi connectivity index (χ0v) is 12.2. The third kappa shape index (κ3) is 3.40. The second kappa shape index (κ2) is 6.16. The number of hydrogen-bond acceptors (Lipinski definition) is 2. The maximum atomic E-state index is 11.0. The first-order valence-corrected chi connectivity index (χ1v) is 4.92. The van der Waals surface area contributed by atoms with Gasteiger partial charge in [0.2, 0.25) is 0 Å². The third-order valence-electron chi connectivity index (χ3n) is 2.21. The summed E-state index contributed by atoms with van der Waals surface area (Å²) < 4.78 is 0. The molecule has 0 bridgehead atoms. The van der Waals surface area contributed by atoms with E-state index in [0.29, 0.717) is 5.69 Å². The molecule has 0 heterocycles. The Balaban J connectivity index is 0.00000144. The van der Waals surface area contributed by atoms with Crippen molar-refractivity contribution in [1.29, 1.82) is 0 Å². The van der Waals surface area contributed by atoms with Crippen LogP contribution in [0.25, 0.3) is 0 Å². The number of carbonyl (C=O) groups is 1. The van der Waals surface area contributed by atoms with Gasteiger partial charge in [0.1, 0.15) is 0 Å². The number of nitrogens with one attached hydrogen (secondary N) is 1. The van der Waals surface area contributed by atoms with Crippen molar-refractivity contribution in [2.24, 2.45) is 0 Å². The maximum absolute atomic E-state index is 11.0. The molecule has 82 valence electrons. The molecule has 2 rings (SSSR count). The molecule has 0 saturated heterocycles. The maximum Gasteiger partial charge on any atom is 0.337 e. The summed E-state index contributed by atoms with van der Waals surface area (Å²) in [5.41, 5.74) is 1.74. The van der Waals surface area contributed by atoms with Crippen LogP contribution < -0.4 is 5.32 Å². The molecule has 0 fully saturated rings. The van der Waals surface area contributed by atoms with Crippen LogP contribution in [-0.4, -0.2) is 11.1 Å². The van der Waals surface area contributed by atoms with Crippen molar-refractivity contribution >= 4 is 17.3 Å². The standard InChI is InChI=1S/C13H11NO2.Zn/c15-13(16)11-8-4-5-9-12(11)14-10-6-2-1-3-7-10;/h1-9,14H,(H,15,16);. The molecule has 2 aromatic rings. The Hall–Kier alpha value is -1.67. The summed E-state index contributed by atoms with van der Waals surface area (Å²) in [4.78, 5) is 11.0. The number of hydrogen-bond donors (Lipinski definition) is 2. The van der Waals surface area contributed by atoms with Crippen molar-refractivity contribution in [3.05, 3.63) is 60.2 Å². The van der Waals surface area contributed by atoms with Gasteiger partial charge in [0.15, 0.2) is 0 Å². The number of carboxylic acids is 1. The molecule has 2 aromatic carbocycles. The molecule has 0 unspecified atom stereocenters. The predicted molar refractivity (Wildman–Crippen MR) is 63.1 cm³/mol. The Morgan fingerprint density at radius 3 is 2.18 bits per heavy atom. The van der Waals surface area contributed by atoms with E-state index in [-0.39, 0.29) is 25.0 Å². The van der Waals surface area contributed by atoms with E-state index in [2.05, 4.69) is 5.32 Å². The van der Waals surface area contributed by atoms with Crippen LogP contribution in [0, 0.1) is 0 Å². The fourth-order valence-corrected chi connectivity index (χ4v) is 1.46. The molecule has 0 spiro atoms. The van der Waals surface area contributed by atoms with E-state index in [1.165, 1.54) is 0 Å². The Labute approximate surface area is 112 Å². The number of rotatable bonds is 3. The summed E-state index contributed by atoms with van der Waals surface area (Å²) in [6, 6.07) is 16.3. The first kappa shape index (κ1) is 13.4. The average molecular weight is 279 g/mol. The molecule has 0 radical (unpaired) electrons. The molecular formula is C13H11NO2Zn. The fraction of sp³-hybridized carbons (Fsp3) is 0. The molecule has 0 aliphatic heterocycles. The molecule has 0 saturated carbocycles. The number of para-hydroxylation sites is 2. The summed E-state index contributed by atoms with van der Waals surface area (Å²) in [7, 11) is 0. The second-order valence-corrected chi connectivity index (χ2v) is 3.34. The van der Waals surface area contributed by atoms with Gasteiger partial charge >= 0.3 is 5.97 Å². The molecule has 3 nitrogen and oxygen atoms in total. The van der Waals surface area contributed by atoms with Gasteiger partial charge in [0, 0.05) is 25.2 Å². The molecule has 2 N–H and O–H groups in total. The molecule has 0 atom stereocenters. The van der Waals surface area contributed by atoms with E-state index in [4.69, 9.17) is 5.11 Å². The van der Waals surface area contributed by atoms with Gasteiger partial charge in [-0.25, -0.2) is 4.79 Å². The molecular weight excluding hydrogens is 268 g/mol. The van der Waals surface area contributed by atoms with Crippen LogP contribution in [0.1, 0.15) is 10.4 Å². The van der Waals surface area contributed by atoms with Gasteiger partial charge in [-0.3, -0.25) is 0 Å². The van der Waals surface area contributed by atoms with Crippen molar-refractivity contribution in [2.75, 3.05) is 5.32 Å². The van der Waals surface area contributed by atoms with E-state index in [1.807, 2.05) is 30.3 Å². The van der Waals surface area contributed by atoms with Crippen LogP contribution in [0.2, 0.25) is 0 Å². The molecule has 17 heavy (non-hydrogen) atoms. The summed E-state index contributed by atoms with van der Waals surface area (Å²) in [5.74, 6) is -0.931. The van der Waals surface area contributed by atoms with E-state index in [0.717, 1.165) is 5.69 Å². The molecule has 0 amide bonds. The summed E-state index contributed by atoms with van der Waals surface area (Å²) in [6.45, 7) is 0. The SMILES string of the molecule is O=C(O)c1ccccc1Nc1ccccc1.[Zn]. The number of carboxylic acid groups (broad SMARTS) is 1. The van der Waals surface area contributed by atoms with Gasteiger partial charge in [-0.15, -0.1) is 0 Å². The van der Waals surface area contributed by atoms with E-state index in [1.54, 1.807) is 24.3 Å². The van der Waals surface area contributed by atoms with Gasteiger partial charge in [0.25, 0.3) is 0 Å². The summed E-state index contributed by atoms with van der Waals surface area (Å²) >= 11 is 0. The minimum atomic E-state index is -0.931. The monoisotopic (exact) mass is 277 g/mol. The molecule has 0 aliphatic carbocycles. The summed E-state index contributed by atoms with van der Waals surface area (Å²) in [6.07, 6.45) is 0. The van der Waals surface area contributed by atoms with Crippen LogP contribution in [0.15, 0.2) is 54.6 Å². The quantitative estimate of drug-likeness (QED) is 0.848. The minimum absolute atomic E-state index is 0. The first-order valence-electron chi connectivity index (χ1n) is 4.92. The van der Waals surface area contributed by atoms with Gasteiger partial charge in [0.05, 0.1) is 11.3 Å². The van der Waals surface area contributed by atoms with Crippen molar-refractivity contribution in [3.63, 3.8) is 0 Å². The third-order valence-corrected chi connectivity index (χ3v) is 2.21. The minimum Gasteiger partial charge on any atom is -0.478 e. The topological polar surface area (TPSA) is 49.3 Å². The van der Waals surface area contributed by atoms with E-state index in [9.17, 15) is 4.79 Å². The molecule has 4 heteroatoms. The van der Waals surface area contributed by atoms with Crippen molar-refractivity contribution < 1.29 is 29.4 Å². The van der Waals surface area contributed by atoms with Crippen molar-refractivity contribution in [3.8, 4) is 0 Å². The Bertz CT molecular complexity index is 500. The van der Waals surface area contributed by atoms with Crippen LogP contribution in [0.5, 0.6) is 0 Å². The van der Waals surface area contributed by atoms with Gasteiger partial charge in [-0.05, 0) is 24.3 Å². The average Bonchev–Trinajstić information content (AvgIpc) is 2.31. The zero-order chi connectivity index (χ0) is 11.4. The van der Waals surface area contributed by atoms with Crippen LogP contribution in [0.4, 0.5) is 11.4 Å². The number of benzene rings is 2. The van der Waals surface area contributed by atoms with E-state index >= 15 is 0 Å². The second-order valence-electron chi connectivity index (χ2n) is 3.34. The van der Waals surface area contributed by atoms with E-state index < -0.39 is 5.97 Å². The summed E-state index contributed by atoms with van der Waals surface area (Å²) in [5, 5.41) is 12.1.